The molecule has 2 aliphatic heterocycles. The van der Waals surface area contributed by atoms with Crippen molar-refractivity contribution in [1.29, 1.82) is 0 Å². The molecule has 1 unspecified atom stereocenters. The van der Waals surface area contributed by atoms with Gasteiger partial charge in [0.05, 0.1) is 0 Å². The standard InChI is InChI=1S/C22H18FN3O2/c1-15-11-12-26-19(13-15)24-22(21(26)28,14-16-7-9-18(23)10-8-16)25-20(27)17-5-3-2-4-6-17/h2-13H,14H2,1H3,(H,25,27). The van der Waals surface area contributed by atoms with Crippen molar-refractivity contribution in [1.82, 2.24) is 10.2 Å². The van der Waals surface area contributed by atoms with Gasteiger partial charge < -0.3 is 5.32 Å². The van der Waals surface area contributed by atoms with E-state index in [9.17, 15) is 14.0 Å². The number of nitrogens with one attached hydrogen (secondary N) is 1. The number of benzene rings is 2. The van der Waals surface area contributed by atoms with Gasteiger partial charge in [0.15, 0.2) is 0 Å². The summed E-state index contributed by atoms with van der Waals surface area (Å²) in [7, 11) is 0. The molecule has 2 aromatic rings. The van der Waals surface area contributed by atoms with Crippen LogP contribution in [0.15, 0.2) is 83.5 Å². The van der Waals surface area contributed by atoms with Gasteiger partial charge in [-0.1, -0.05) is 30.3 Å². The summed E-state index contributed by atoms with van der Waals surface area (Å²) < 4.78 is 13.3. The average Bonchev–Trinajstić information content (AvgIpc) is 2.95. The summed E-state index contributed by atoms with van der Waals surface area (Å²) in [5.74, 6) is -0.643. The summed E-state index contributed by atoms with van der Waals surface area (Å²) in [4.78, 5) is 32.1. The number of nitrogens with zero attached hydrogens (tertiary/aromatic N) is 2. The maximum atomic E-state index is 13.3. The number of carbonyl (C=O) groups excluding carboxylic acids is 2. The minimum Gasteiger partial charge on any atom is -0.320 e. The van der Waals surface area contributed by atoms with Gasteiger partial charge in [0, 0.05) is 18.2 Å². The zero-order valence-electron chi connectivity index (χ0n) is 15.2. The van der Waals surface area contributed by atoms with Crippen LogP contribution in [0.4, 0.5) is 4.39 Å². The summed E-state index contributed by atoms with van der Waals surface area (Å²) in [6.45, 7) is 1.91. The van der Waals surface area contributed by atoms with Gasteiger partial charge in [0.2, 0.25) is 5.66 Å². The van der Waals surface area contributed by atoms with Crippen molar-refractivity contribution in [3.63, 3.8) is 0 Å². The van der Waals surface area contributed by atoms with Gasteiger partial charge in [0.25, 0.3) is 11.8 Å². The Hall–Kier alpha value is -3.54. The van der Waals surface area contributed by atoms with E-state index in [2.05, 4.69) is 10.3 Å². The van der Waals surface area contributed by atoms with Crippen LogP contribution in [0, 0.1) is 5.82 Å². The average molecular weight is 375 g/mol. The summed E-state index contributed by atoms with van der Waals surface area (Å²) in [6.07, 6.45) is 5.37. The number of allylic oxidation sites excluding steroid dienone is 2. The normalized spacial score (nSPS) is 20.5. The summed E-state index contributed by atoms with van der Waals surface area (Å²) in [6, 6.07) is 14.5. The molecule has 2 heterocycles. The third kappa shape index (κ3) is 3.24. The van der Waals surface area contributed by atoms with E-state index in [0.29, 0.717) is 17.0 Å². The van der Waals surface area contributed by atoms with Gasteiger partial charge in [-0.05, 0) is 54.5 Å². The van der Waals surface area contributed by atoms with E-state index in [0.717, 1.165) is 5.57 Å². The number of halogens is 1. The molecule has 1 atom stereocenters. The molecule has 0 fully saturated rings. The Morgan fingerprint density at radius 3 is 2.57 bits per heavy atom. The van der Waals surface area contributed by atoms with Gasteiger partial charge in [-0.25, -0.2) is 9.38 Å². The highest BCUT2D eigenvalue weighted by Crippen LogP contribution is 2.29. The SMILES string of the molecule is CC1=CC2=NC(Cc3ccc(F)cc3)(NC(=O)c3ccccc3)C(=O)N2C=C1. The molecule has 2 aliphatic rings. The third-order valence-corrected chi connectivity index (χ3v) is 4.70. The number of carbonyl (C=O) groups is 2. The van der Waals surface area contributed by atoms with Crippen LogP contribution in [0.3, 0.4) is 0 Å². The molecule has 0 aromatic heterocycles. The van der Waals surface area contributed by atoms with E-state index in [1.165, 1.54) is 17.0 Å². The second-order valence-electron chi connectivity index (χ2n) is 6.83. The zero-order valence-corrected chi connectivity index (χ0v) is 15.2. The predicted molar refractivity (Wildman–Crippen MR) is 104 cm³/mol. The monoisotopic (exact) mass is 375 g/mol. The highest BCUT2D eigenvalue weighted by Gasteiger charge is 2.49. The van der Waals surface area contributed by atoms with Crippen LogP contribution in [0.5, 0.6) is 0 Å². The Morgan fingerprint density at radius 1 is 1.14 bits per heavy atom. The summed E-state index contributed by atoms with van der Waals surface area (Å²) >= 11 is 0. The lowest BCUT2D eigenvalue weighted by Crippen LogP contribution is -2.55. The molecule has 0 radical (unpaired) electrons. The minimum atomic E-state index is -1.49. The molecule has 0 saturated heterocycles. The molecular weight excluding hydrogens is 357 g/mol. The summed E-state index contributed by atoms with van der Waals surface area (Å²) in [5.41, 5.74) is 0.582. The van der Waals surface area contributed by atoms with Crippen molar-refractivity contribution < 1.29 is 14.0 Å². The second kappa shape index (κ2) is 6.88. The van der Waals surface area contributed by atoms with Gasteiger partial charge in [-0.2, -0.15) is 0 Å². The van der Waals surface area contributed by atoms with Gasteiger partial charge in [-0.3, -0.25) is 14.5 Å². The van der Waals surface area contributed by atoms with E-state index in [1.807, 2.05) is 19.1 Å². The molecule has 0 saturated carbocycles. The predicted octanol–water partition coefficient (Wildman–Crippen LogP) is 3.21. The van der Waals surface area contributed by atoms with E-state index in [-0.39, 0.29) is 18.1 Å². The number of rotatable bonds is 4. The fourth-order valence-corrected chi connectivity index (χ4v) is 3.28. The van der Waals surface area contributed by atoms with Crippen molar-refractivity contribution in [2.45, 2.75) is 19.0 Å². The Kier molecular flexibility index (Phi) is 4.39. The van der Waals surface area contributed by atoms with Crippen molar-refractivity contribution in [2.75, 3.05) is 0 Å². The van der Waals surface area contributed by atoms with Crippen molar-refractivity contribution >= 4 is 17.6 Å². The van der Waals surface area contributed by atoms with Crippen LogP contribution in [0.1, 0.15) is 22.8 Å². The summed E-state index contributed by atoms with van der Waals surface area (Å²) in [5, 5.41) is 2.82. The lowest BCUT2D eigenvalue weighted by Gasteiger charge is -2.27. The van der Waals surface area contributed by atoms with Crippen LogP contribution in [-0.4, -0.2) is 28.2 Å². The van der Waals surface area contributed by atoms with Crippen molar-refractivity contribution in [3.8, 4) is 0 Å². The van der Waals surface area contributed by atoms with E-state index >= 15 is 0 Å². The molecule has 2 aromatic carbocycles. The molecule has 0 spiro atoms. The second-order valence-corrected chi connectivity index (χ2v) is 6.83. The smallest absolute Gasteiger partial charge is 0.281 e. The first kappa shape index (κ1) is 17.9. The first-order valence-corrected chi connectivity index (χ1v) is 8.89. The van der Waals surface area contributed by atoms with Crippen molar-refractivity contribution in [3.05, 3.63) is 95.5 Å². The molecule has 1 N–H and O–H groups in total. The molecule has 4 rings (SSSR count). The third-order valence-electron chi connectivity index (χ3n) is 4.70. The minimum absolute atomic E-state index is 0.116. The van der Waals surface area contributed by atoms with Crippen LogP contribution in [-0.2, 0) is 11.2 Å². The maximum Gasteiger partial charge on any atom is 0.281 e. The number of amidine groups is 1. The molecule has 2 amide bonds. The van der Waals surface area contributed by atoms with Gasteiger partial charge >= 0.3 is 0 Å². The Bertz CT molecular complexity index is 1030. The fraction of sp³-hybridized carbons (Fsp3) is 0.136. The first-order valence-electron chi connectivity index (χ1n) is 8.89. The number of fused-ring (bicyclic) bond motifs is 1. The number of hydrogen-bond acceptors (Lipinski definition) is 3. The number of amides is 2. The lowest BCUT2D eigenvalue weighted by atomic mass is 9.98. The molecule has 28 heavy (non-hydrogen) atoms. The highest BCUT2D eigenvalue weighted by atomic mass is 19.1. The van der Waals surface area contributed by atoms with Crippen molar-refractivity contribution in [2.24, 2.45) is 4.99 Å². The molecule has 0 aliphatic carbocycles. The molecule has 140 valence electrons. The van der Waals surface area contributed by atoms with E-state index in [1.54, 1.807) is 48.7 Å². The largest absolute Gasteiger partial charge is 0.320 e. The molecular formula is C22H18FN3O2. The number of aliphatic imine (C=N–C) groups is 1. The molecule has 0 bridgehead atoms. The number of hydrogen-bond donors (Lipinski definition) is 1. The van der Waals surface area contributed by atoms with E-state index < -0.39 is 11.6 Å². The first-order chi connectivity index (χ1) is 13.5. The maximum absolute atomic E-state index is 13.3. The van der Waals surface area contributed by atoms with Crippen LogP contribution in [0.25, 0.3) is 0 Å². The Morgan fingerprint density at radius 2 is 1.86 bits per heavy atom. The Balaban J connectivity index is 1.73. The van der Waals surface area contributed by atoms with Gasteiger partial charge in [-0.15, -0.1) is 0 Å². The molecule has 5 nitrogen and oxygen atoms in total. The van der Waals surface area contributed by atoms with Gasteiger partial charge in [0.1, 0.15) is 11.7 Å². The fourth-order valence-electron chi connectivity index (χ4n) is 3.28. The van der Waals surface area contributed by atoms with Crippen LogP contribution < -0.4 is 5.32 Å². The quantitative estimate of drug-likeness (QED) is 0.892. The lowest BCUT2D eigenvalue weighted by molar-refractivity contribution is -0.130. The topological polar surface area (TPSA) is 61.8 Å². The van der Waals surface area contributed by atoms with Crippen LogP contribution >= 0.6 is 0 Å². The van der Waals surface area contributed by atoms with Crippen LogP contribution in [0.2, 0.25) is 0 Å². The zero-order chi connectivity index (χ0) is 19.7. The molecule has 6 heteroatoms. The Labute approximate surface area is 161 Å². The highest BCUT2D eigenvalue weighted by molar-refractivity contribution is 6.15. The van der Waals surface area contributed by atoms with E-state index in [4.69, 9.17) is 0 Å².